The predicted molar refractivity (Wildman–Crippen MR) is 69.3 cm³/mol. The van der Waals surface area contributed by atoms with Crippen LogP contribution in [0.15, 0.2) is 18.2 Å². The van der Waals surface area contributed by atoms with Crippen molar-refractivity contribution in [3.05, 3.63) is 32.9 Å². The Morgan fingerprint density at radius 2 is 1.83 bits per heavy atom. The van der Waals surface area contributed by atoms with Crippen LogP contribution in [0.2, 0.25) is 0 Å². The van der Waals surface area contributed by atoms with Crippen LogP contribution in [0.4, 0.5) is 13.2 Å². The highest BCUT2D eigenvalue weighted by molar-refractivity contribution is 14.1. The minimum atomic E-state index is -4.41. The number of alkyl halides is 3. The monoisotopic (exact) mass is 369 g/mol. The number of benzene rings is 1. The Labute approximate surface area is 116 Å². The molecule has 0 bridgehead atoms. The molecule has 6 heteroatoms. The van der Waals surface area contributed by atoms with E-state index < -0.39 is 11.7 Å². The molecule has 1 saturated heterocycles. The molecule has 0 spiro atoms. The number of amides is 1. The van der Waals surface area contributed by atoms with Crippen LogP contribution in [-0.4, -0.2) is 23.9 Å². The lowest BCUT2D eigenvalue weighted by atomic mass is 10.1. The largest absolute Gasteiger partial charge is 0.416 e. The van der Waals surface area contributed by atoms with Crippen LogP contribution in [0.1, 0.15) is 28.8 Å². The molecule has 2 nitrogen and oxygen atoms in total. The van der Waals surface area contributed by atoms with Gasteiger partial charge in [0.15, 0.2) is 0 Å². The average molecular weight is 369 g/mol. The van der Waals surface area contributed by atoms with Gasteiger partial charge < -0.3 is 4.90 Å². The molecule has 1 aromatic carbocycles. The van der Waals surface area contributed by atoms with Gasteiger partial charge in [-0.2, -0.15) is 13.2 Å². The van der Waals surface area contributed by atoms with Crippen molar-refractivity contribution in [2.24, 2.45) is 0 Å². The molecule has 2 rings (SSSR count). The molecule has 0 saturated carbocycles. The first-order valence-electron chi connectivity index (χ1n) is 5.55. The van der Waals surface area contributed by atoms with Crippen LogP contribution < -0.4 is 0 Å². The number of rotatable bonds is 1. The molecule has 98 valence electrons. The van der Waals surface area contributed by atoms with Gasteiger partial charge in [0.05, 0.1) is 11.1 Å². The van der Waals surface area contributed by atoms with Gasteiger partial charge in [0.1, 0.15) is 0 Å². The standard InChI is InChI=1S/C12H11F3INO/c13-12(14,15)8-3-4-10(16)9(7-8)11(18)17-5-1-2-6-17/h3-4,7H,1-2,5-6H2. The van der Waals surface area contributed by atoms with Crippen molar-refractivity contribution in [3.8, 4) is 0 Å². The number of hydrogen-bond acceptors (Lipinski definition) is 1. The van der Waals surface area contributed by atoms with Crippen molar-refractivity contribution in [3.63, 3.8) is 0 Å². The highest BCUT2D eigenvalue weighted by Gasteiger charge is 2.32. The number of carbonyl (C=O) groups is 1. The molecular weight excluding hydrogens is 358 g/mol. The maximum atomic E-state index is 12.6. The second-order valence-corrected chi connectivity index (χ2v) is 5.35. The number of hydrogen-bond donors (Lipinski definition) is 0. The Hall–Kier alpha value is -0.790. The maximum Gasteiger partial charge on any atom is 0.416 e. The third kappa shape index (κ3) is 2.78. The summed E-state index contributed by atoms with van der Waals surface area (Å²) in [7, 11) is 0. The molecule has 0 radical (unpaired) electrons. The zero-order chi connectivity index (χ0) is 13.3. The summed E-state index contributed by atoms with van der Waals surface area (Å²) in [6, 6.07) is 3.29. The van der Waals surface area contributed by atoms with Gasteiger partial charge in [-0.15, -0.1) is 0 Å². The van der Waals surface area contributed by atoms with E-state index in [0.717, 1.165) is 25.0 Å². The Morgan fingerprint density at radius 3 is 2.39 bits per heavy atom. The van der Waals surface area contributed by atoms with Crippen molar-refractivity contribution in [2.75, 3.05) is 13.1 Å². The number of halogens is 4. The average Bonchev–Trinajstić information content (AvgIpc) is 2.80. The second-order valence-electron chi connectivity index (χ2n) is 4.19. The SMILES string of the molecule is O=C(c1cc(C(F)(F)F)ccc1I)N1CCCC1. The normalized spacial score (nSPS) is 16.1. The van der Waals surface area contributed by atoms with E-state index in [1.54, 1.807) is 4.90 Å². The molecule has 18 heavy (non-hydrogen) atoms. The summed E-state index contributed by atoms with van der Waals surface area (Å²) in [5.74, 6) is -0.303. The van der Waals surface area contributed by atoms with Crippen molar-refractivity contribution in [1.82, 2.24) is 4.90 Å². The summed E-state index contributed by atoms with van der Waals surface area (Å²) >= 11 is 1.89. The minimum absolute atomic E-state index is 0.146. The summed E-state index contributed by atoms with van der Waals surface area (Å²) in [4.78, 5) is 13.7. The van der Waals surface area contributed by atoms with Gasteiger partial charge in [0.25, 0.3) is 5.91 Å². The minimum Gasteiger partial charge on any atom is -0.339 e. The van der Waals surface area contributed by atoms with E-state index in [0.29, 0.717) is 16.7 Å². The fourth-order valence-electron chi connectivity index (χ4n) is 1.96. The molecular formula is C12H11F3INO. The van der Waals surface area contributed by atoms with Crippen LogP contribution in [0, 0.1) is 3.57 Å². The number of nitrogens with zero attached hydrogens (tertiary/aromatic N) is 1. The molecule has 1 amide bonds. The summed E-state index contributed by atoms with van der Waals surface area (Å²) in [5.41, 5.74) is -0.627. The van der Waals surface area contributed by atoms with E-state index in [2.05, 4.69) is 0 Å². The van der Waals surface area contributed by atoms with E-state index in [4.69, 9.17) is 0 Å². The van der Waals surface area contributed by atoms with Crippen LogP contribution in [0.5, 0.6) is 0 Å². The fraction of sp³-hybridized carbons (Fsp3) is 0.417. The molecule has 1 fully saturated rings. The Balaban J connectivity index is 2.34. The molecule has 1 aromatic rings. The lowest BCUT2D eigenvalue weighted by molar-refractivity contribution is -0.137. The van der Waals surface area contributed by atoms with E-state index in [1.807, 2.05) is 22.6 Å². The van der Waals surface area contributed by atoms with Crippen LogP contribution in [0.3, 0.4) is 0 Å². The van der Waals surface area contributed by atoms with E-state index in [9.17, 15) is 18.0 Å². The maximum absolute atomic E-state index is 12.6. The molecule has 1 aliphatic rings. The Bertz CT molecular complexity index is 467. The van der Waals surface area contributed by atoms with E-state index >= 15 is 0 Å². The molecule has 1 aliphatic heterocycles. The zero-order valence-corrected chi connectivity index (χ0v) is 11.6. The third-order valence-corrected chi connectivity index (χ3v) is 3.86. The summed E-state index contributed by atoms with van der Waals surface area (Å²) in [6.45, 7) is 1.26. The molecule has 0 aliphatic carbocycles. The Kier molecular flexibility index (Phi) is 3.84. The van der Waals surface area contributed by atoms with Gasteiger partial charge in [0, 0.05) is 16.7 Å². The first kappa shape index (κ1) is 13.6. The topological polar surface area (TPSA) is 20.3 Å². The van der Waals surface area contributed by atoms with Gasteiger partial charge in [-0.1, -0.05) is 0 Å². The quantitative estimate of drug-likeness (QED) is 0.694. The lowest BCUT2D eigenvalue weighted by Crippen LogP contribution is -2.28. The van der Waals surface area contributed by atoms with Gasteiger partial charge in [-0.05, 0) is 53.6 Å². The van der Waals surface area contributed by atoms with Gasteiger partial charge in [-0.25, -0.2) is 0 Å². The van der Waals surface area contributed by atoms with Gasteiger partial charge in [0.2, 0.25) is 0 Å². The summed E-state index contributed by atoms with van der Waals surface area (Å²) in [5, 5.41) is 0. The van der Waals surface area contributed by atoms with Crippen molar-refractivity contribution in [2.45, 2.75) is 19.0 Å². The van der Waals surface area contributed by atoms with Crippen molar-refractivity contribution < 1.29 is 18.0 Å². The first-order chi connectivity index (χ1) is 8.39. The van der Waals surface area contributed by atoms with E-state index in [-0.39, 0.29) is 11.5 Å². The summed E-state index contributed by atoms with van der Waals surface area (Å²) < 4.78 is 38.4. The summed E-state index contributed by atoms with van der Waals surface area (Å²) in [6.07, 6.45) is -2.58. The highest BCUT2D eigenvalue weighted by Crippen LogP contribution is 2.31. The first-order valence-corrected chi connectivity index (χ1v) is 6.63. The number of carbonyl (C=O) groups excluding carboxylic acids is 1. The molecule has 0 unspecified atom stereocenters. The molecule has 1 heterocycles. The smallest absolute Gasteiger partial charge is 0.339 e. The third-order valence-electron chi connectivity index (χ3n) is 2.92. The lowest BCUT2D eigenvalue weighted by Gasteiger charge is -2.17. The van der Waals surface area contributed by atoms with Crippen molar-refractivity contribution >= 4 is 28.5 Å². The van der Waals surface area contributed by atoms with Crippen molar-refractivity contribution in [1.29, 1.82) is 0 Å². The Morgan fingerprint density at radius 1 is 1.22 bits per heavy atom. The van der Waals surface area contributed by atoms with Gasteiger partial charge in [-0.3, -0.25) is 4.79 Å². The van der Waals surface area contributed by atoms with Crippen LogP contribution >= 0.6 is 22.6 Å². The van der Waals surface area contributed by atoms with Crippen LogP contribution in [-0.2, 0) is 6.18 Å². The molecule has 0 aromatic heterocycles. The fourth-order valence-corrected chi connectivity index (χ4v) is 2.52. The number of likely N-dealkylation sites (tertiary alicyclic amines) is 1. The zero-order valence-electron chi connectivity index (χ0n) is 9.43. The molecule has 0 N–H and O–H groups in total. The van der Waals surface area contributed by atoms with Gasteiger partial charge >= 0.3 is 6.18 Å². The second kappa shape index (κ2) is 5.07. The van der Waals surface area contributed by atoms with Crippen LogP contribution in [0.25, 0.3) is 0 Å². The highest BCUT2D eigenvalue weighted by atomic mass is 127. The van der Waals surface area contributed by atoms with E-state index in [1.165, 1.54) is 6.07 Å². The predicted octanol–water partition coefficient (Wildman–Crippen LogP) is 3.55. The molecule has 0 atom stereocenters.